The second kappa shape index (κ2) is 4.40. The maximum Gasteiger partial charge on any atom is 0.321 e. The predicted octanol–water partition coefficient (Wildman–Crippen LogP) is 1.65. The van der Waals surface area contributed by atoms with Gasteiger partial charge >= 0.3 is 5.97 Å². The summed E-state index contributed by atoms with van der Waals surface area (Å²) in [6.45, 7) is 3.30. The van der Waals surface area contributed by atoms with Gasteiger partial charge in [0.25, 0.3) is 0 Å². The summed E-state index contributed by atoms with van der Waals surface area (Å²) < 4.78 is 13.2. The Hall–Kier alpha value is -1.42. The zero-order valence-corrected chi connectivity index (χ0v) is 8.70. The molecule has 0 radical (unpaired) electrons. The summed E-state index contributed by atoms with van der Waals surface area (Å²) in [5.41, 5.74) is 6.59. The number of benzene rings is 1. The average Bonchev–Trinajstić information content (AvgIpc) is 2.20. The Morgan fingerprint density at radius 3 is 2.67 bits per heavy atom. The van der Waals surface area contributed by atoms with Crippen molar-refractivity contribution in [3.05, 3.63) is 35.1 Å². The Balaban J connectivity index is 3.06. The van der Waals surface area contributed by atoms with Crippen molar-refractivity contribution in [3.63, 3.8) is 0 Å². The highest BCUT2D eigenvalue weighted by Crippen LogP contribution is 2.23. The van der Waals surface area contributed by atoms with Crippen LogP contribution in [0.25, 0.3) is 0 Å². The second-order valence-corrected chi connectivity index (χ2v) is 3.61. The van der Waals surface area contributed by atoms with Crippen LogP contribution in [0, 0.1) is 12.7 Å². The predicted molar refractivity (Wildman–Crippen MR) is 55.2 cm³/mol. The third kappa shape index (κ3) is 2.33. The highest BCUT2D eigenvalue weighted by atomic mass is 19.1. The van der Waals surface area contributed by atoms with E-state index in [1.165, 1.54) is 6.07 Å². The number of carboxylic acids is 1. The van der Waals surface area contributed by atoms with E-state index in [4.69, 9.17) is 10.8 Å². The average molecular weight is 211 g/mol. The summed E-state index contributed by atoms with van der Waals surface area (Å²) in [4.78, 5) is 10.7. The molecule has 0 saturated heterocycles. The molecule has 0 heterocycles. The van der Waals surface area contributed by atoms with Gasteiger partial charge in [-0.05, 0) is 24.1 Å². The number of hydrogen-bond acceptors (Lipinski definition) is 2. The molecule has 0 bridgehead atoms. The first-order valence-electron chi connectivity index (χ1n) is 4.68. The van der Waals surface area contributed by atoms with E-state index in [0.717, 1.165) is 0 Å². The first kappa shape index (κ1) is 11.7. The van der Waals surface area contributed by atoms with E-state index >= 15 is 0 Å². The van der Waals surface area contributed by atoms with Crippen LogP contribution in [0.5, 0.6) is 0 Å². The molecule has 1 aromatic carbocycles. The molecular formula is C11H14FNO2. The lowest BCUT2D eigenvalue weighted by Gasteiger charge is -2.18. The molecule has 0 aliphatic heterocycles. The normalized spacial score (nSPS) is 14.7. The fraction of sp³-hybridized carbons (Fsp3) is 0.364. The molecule has 0 saturated carbocycles. The smallest absolute Gasteiger partial charge is 0.321 e. The van der Waals surface area contributed by atoms with Crippen LogP contribution in [0.4, 0.5) is 4.39 Å². The SMILES string of the molecule is Cc1c(F)cccc1C(C)C(N)C(=O)O. The highest BCUT2D eigenvalue weighted by Gasteiger charge is 2.23. The van der Waals surface area contributed by atoms with Gasteiger partial charge in [-0.1, -0.05) is 19.1 Å². The van der Waals surface area contributed by atoms with Crippen LogP contribution >= 0.6 is 0 Å². The van der Waals surface area contributed by atoms with E-state index in [0.29, 0.717) is 11.1 Å². The lowest BCUT2D eigenvalue weighted by molar-refractivity contribution is -0.139. The molecule has 0 spiro atoms. The lowest BCUT2D eigenvalue weighted by Crippen LogP contribution is -2.35. The monoisotopic (exact) mass is 211 g/mol. The van der Waals surface area contributed by atoms with Crippen molar-refractivity contribution in [2.24, 2.45) is 5.73 Å². The molecule has 4 heteroatoms. The second-order valence-electron chi connectivity index (χ2n) is 3.61. The van der Waals surface area contributed by atoms with E-state index in [1.807, 2.05) is 0 Å². The molecular weight excluding hydrogens is 197 g/mol. The van der Waals surface area contributed by atoms with E-state index in [9.17, 15) is 9.18 Å². The van der Waals surface area contributed by atoms with E-state index in [1.54, 1.807) is 26.0 Å². The quantitative estimate of drug-likeness (QED) is 0.799. The summed E-state index contributed by atoms with van der Waals surface area (Å²) in [6.07, 6.45) is 0. The number of carboxylic acid groups (broad SMARTS) is 1. The molecule has 2 unspecified atom stereocenters. The molecule has 0 aromatic heterocycles. The van der Waals surface area contributed by atoms with Gasteiger partial charge in [0.15, 0.2) is 0 Å². The zero-order chi connectivity index (χ0) is 11.6. The van der Waals surface area contributed by atoms with Gasteiger partial charge in [-0.3, -0.25) is 4.79 Å². The number of carbonyl (C=O) groups is 1. The van der Waals surface area contributed by atoms with Crippen LogP contribution in [0.1, 0.15) is 24.0 Å². The fourth-order valence-electron chi connectivity index (χ4n) is 1.52. The van der Waals surface area contributed by atoms with Crippen molar-refractivity contribution < 1.29 is 14.3 Å². The number of hydrogen-bond donors (Lipinski definition) is 2. The van der Waals surface area contributed by atoms with E-state index in [2.05, 4.69) is 0 Å². The number of nitrogens with two attached hydrogens (primary N) is 1. The number of aliphatic carboxylic acids is 1. The minimum atomic E-state index is -1.08. The molecule has 0 aliphatic carbocycles. The van der Waals surface area contributed by atoms with Gasteiger partial charge in [0.05, 0.1) is 0 Å². The summed E-state index contributed by atoms with van der Waals surface area (Å²) in [7, 11) is 0. The van der Waals surface area contributed by atoms with Crippen molar-refractivity contribution in [1.82, 2.24) is 0 Å². The maximum absolute atomic E-state index is 13.2. The standard InChI is InChI=1S/C11H14FNO2/c1-6-8(4-3-5-9(6)12)7(2)10(13)11(14)15/h3-5,7,10H,13H2,1-2H3,(H,14,15). The van der Waals surface area contributed by atoms with Crippen LogP contribution < -0.4 is 5.73 Å². The minimum Gasteiger partial charge on any atom is -0.480 e. The molecule has 3 nitrogen and oxygen atoms in total. The third-order valence-corrected chi connectivity index (χ3v) is 2.62. The van der Waals surface area contributed by atoms with Gasteiger partial charge in [-0.15, -0.1) is 0 Å². The highest BCUT2D eigenvalue weighted by molar-refractivity contribution is 5.74. The van der Waals surface area contributed by atoms with Crippen LogP contribution in [0.2, 0.25) is 0 Å². The zero-order valence-electron chi connectivity index (χ0n) is 8.70. The minimum absolute atomic E-state index is 0.336. The summed E-state index contributed by atoms with van der Waals surface area (Å²) >= 11 is 0. The maximum atomic E-state index is 13.2. The molecule has 0 fully saturated rings. The fourth-order valence-corrected chi connectivity index (χ4v) is 1.52. The molecule has 15 heavy (non-hydrogen) atoms. The van der Waals surface area contributed by atoms with Crippen LogP contribution in [0.3, 0.4) is 0 Å². The van der Waals surface area contributed by atoms with Gasteiger partial charge in [0, 0.05) is 5.92 Å². The van der Waals surface area contributed by atoms with E-state index in [-0.39, 0.29) is 5.82 Å². The first-order valence-corrected chi connectivity index (χ1v) is 4.68. The van der Waals surface area contributed by atoms with E-state index < -0.39 is 17.9 Å². The van der Waals surface area contributed by atoms with Gasteiger partial charge in [-0.2, -0.15) is 0 Å². The topological polar surface area (TPSA) is 63.3 Å². The molecule has 0 aliphatic rings. The van der Waals surface area contributed by atoms with Crippen LogP contribution in [0.15, 0.2) is 18.2 Å². The number of halogens is 1. The van der Waals surface area contributed by atoms with Crippen molar-refractivity contribution in [2.45, 2.75) is 25.8 Å². The van der Waals surface area contributed by atoms with Crippen molar-refractivity contribution in [2.75, 3.05) is 0 Å². The first-order chi connectivity index (χ1) is 6.95. The Morgan fingerprint density at radius 1 is 1.53 bits per heavy atom. The molecule has 1 rings (SSSR count). The largest absolute Gasteiger partial charge is 0.480 e. The van der Waals surface area contributed by atoms with Gasteiger partial charge < -0.3 is 10.8 Å². The Morgan fingerprint density at radius 2 is 2.13 bits per heavy atom. The lowest BCUT2D eigenvalue weighted by atomic mass is 9.90. The Bertz CT molecular complexity index is 379. The number of rotatable bonds is 3. The molecule has 2 atom stereocenters. The summed E-state index contributed by atoms with van der Waals surface area (Å²) in [6, 6.07) is 3.59. The van der Waals surface area contributed by atoms with Crippen molar-refractivity contribution in [3.8, 4) is 0 Å². The van der Waals surface area contributed by atoms with Gasteiger partial charge in [0.1, 0.15) is 11.9 Å². The molecule has 1 aromatic rings. The Labute approximate surface area is 87.7 Å². The van der Waals surface area contributed by atoms with Crippen LogP contribution in [-0.2, 0) is 4.79 Å². The van der Waals surface area contributed by atoms with Crippen LogP contribution in [-0.4, -0.2) is 17.1 Å². The van der Waals surface area contributed by atoms with Crippen molar-refractivity contribution >= 4 is 5.97 Å². The van der Waals surface area contributed by atoms with Crippen molar-refractivity contribution in [1.29, 1.82) is 0 Å². The molecule has 3 N–H and O–H groups in total. The summed E-state index contributed by atoms with van der Waals surface area (Å²) in [5.74, 6) is -1.82. The Kier molecular flexibility index (Phi) is 3.42. The molecule has 82 valence electrons. The third-order valence-electron chi connectivity index (χ3n) is 2.62. The summed E-state index contributed by atoms with van der Waals surface area (Å²) in [5, 5.41) is 8.76. The van der Waals surface area contributed by atoms with Gasteiger partial charge in [0.2, 0.25) is 0 Å². The van der Waals surface area contributed by atoms with Gasteiger partial charge in [-0.25, -0.2) is 4.39 Å². The molecule has 0 amide bonds.